The van der Waals surface area contributed by atoms with E-state index in [2.05, 4.69) is 5.32 Å². The van der Waals surface area contributed by atoms with Crippen LogP contribution in [0.5, 0.6) is 5.75 Å². The molecule has 20 heavy (non-hydrogen) atoms. The molecule has 0 heterocycles. The number of allylic oxidation sites excluding steroid dienone is 1. The zero-order valence-electron chi connectivity index (χ0n) is 12.1. The number of benzene rings is 1. The third-order valence-electron chi connectivity index (χ3n) is 4.08. The maximum Gasteiger partial charge on any atom is 0.118 e. The number of rotatable bonds is 5. The molecule has 0 amide bonds. The van der Waals surface area contributed by atoms with Gasteiger partial charge in [0.2, 0.25) is 0 Å². The molecule has 1 aromatic carbocycles. The lowest BCUT2D eigenvalue weighted by molar-refractivity contribution is -0.00195. The fourth-order valence-electron chi connectivity index (χ4n) is 2.82. The van der Waals surface area contributed by atoms with Crippen molar-refractivity contribution in [2.24, 2.45) is 0 Å². The number of nitrogens with one attached hydrogen (secondary N) is 1. The van der Waals surface area contributed by atoms with E-state index in [0.29, 0.717) is 31.6 Å². The molecule has 1 aliphatic carbocycles. The van der Waals surface area contributed by atoms with Crippen LogP contribution < -0.4 is 10.1 Å². The number of methoxy groups -OCH3 is 1. The van der Waals surface area contributed by atoms with Crippen molar-refractivity contribution in [1.29, 1.82) is 0 Å². The summed E-state index contributed by atoms with van der Waals surface area (Å²) in [6.07, 6.45) is 3.33. The molecule has 2 unspecified atom stereocenters. The Morgan fingerprint density at radius 3 is 2.55 bits per heavy atom. The van der Waals surface area contributed by atoms with Crippen molar-refractivity contribution >= 4 is 0 Å². The van der Waals surface area contributed by atoms with Gasteiger partial charge in [-0.1, -0.05) is 12.1 Å². The summed E-state index contributed by atoms with van der Waals surface area (Å²) in [4.78, 5) is 0. The van der Waals surface area contributed by atoms with Crippen LogP contribution in [0.4, 0.5) is 0 Å². The number of aliphatic hydroxyl groups excluding tert-OH is 1. The van der Waals surface area contributed by atoms with Crippen LogP contribution in [0, 0.1) is 0 Å². The molecule has 0 saturated heterocycles. The third kappa shape index (κ3) is 3.14. The summed E-state index contributed by atoms with van der Waals surface area (Å²) < 4.78 is 5.17. The Morgan fingerprint density at radius 2 is 2.05 bits per heavy atom. The largest absolute Gasteiger partial charge is 0.513 e. The molecule has 2 rings (SSSR count). The smallest absolute Gasteiger partial charge is 0.118 e. The minimum atomic E-state index is -0.816. The standard InChI is InChI=1S/C16H23NO3/c1-17-11-15(12-3-5-14(20-2)6-4-12)16(19)9-7-13(18)8-10-16/h3-7,15,17-19H,8-11H2,1-2H3. The summed E-state index contributed by atoms with van der Waals surface area (Å²) >= 11 is 0. The fraction of sp³-hybridized carbons (Fsp3) is 0.500. The van der Waals surface area contributed by atoms with E-state index < -0.39 is 5.60 Å². The Balaban J connectivity index is 2.25. The van der Waals surface area contributed by atoms with Gasteiger partial charge in [0.1, 0.15) is 5.75 Å². The Bertz CT molecular complexity index is 469. The second kappa shape index (κ2) is 6.29. The molecule has 0 aliphatic heterocycles. The molecule has 0 spiro atoms. The first-order chi connectivity index (χ1) is 9.59. The van der Waals surface area contributed by atoms with Crippen molar-refractivity contribution in [3.05, 3.63) is 41.7 Å². The van der Waals surface area contributed by atoms with Gasteiger partial charge in [0, 0.05) is 18.9 Å². The maximum absolute atomic E-state index is 10.9. The highest BCUT2D eigenvalue weighted by molar-refractivity contribution is 5.32. The van der Waals surface area contributed by atoms with E-state index in [4.69, 9.17) is 4.74 Å². The van der Waals surface area contributed by atoms with Crippen molar-refractivity contribution < 1.29 is 14.9 Å². The highest BCUT2D eigenvalue weighted by atomic mass is 16.5. The maximum atomic E-state index is 10.9. The highest BCUT2D eigenvalue weighted by Gasteiger charge is 2.38. The molecule has 1 aliphatic rings. The minimum absolute atomic E-state index is 0.0113. The van der Waals surface area contributed by atoms with Crippen molar-refractivity contribution in [2.75, 3.05) is 20.7 Å². The van der Waals surface area contributed by atoms with Gasteiger partial charge in [-0.3, -0.25) is 0 Å². The Morgan fingerprint density at radius 1 is 1.35 bits per heavy atom. The highest BCUT2D eigenvalue weighted by Crippen LogP contribution is 2.39. The summed E-state index contributed by atoms with van der Waals surface area (Å²) in [5, 5.41) is 23.6. The number of hydrogen-bond acceptors (Lipinski definition) is 4. The molecule has 0 bridgehead atoms. The number of likely N-dealkylation sites (N-methyl/N-ethyl adjacent to an activating group) is 1. The summed E-state index contributed by atoms with van der Waals surface area (Å²) in [6, 6.07) is 7.82. The number of hydrogen-bond donors (Lipinski definition) is 3. The number of aliphatic hydroxyl groups is 2. The molecule has 4 heteroatoms. The van der Waals surface area contributed by atoms with E-state index in [1.807, 2.05) is 31.3 Å². The summed E-state index contributed by atoms with van der Waals surface area (Å²) in [7, 11) is 3.53. The predicted molar refractivity (Wildman–Crippen MR) is 79.2 cm³/mol. The van der Waals surface area contributed by atoms with E-state index in [1.54, 1.807) is 13.2 Å². The lowest BCUT2D eigenvalue weighted by Gasteiger charge is -2.38. The first-order valence-electron chi connectivity index (χ1n) is 6.98. The molecule has 0 fully saturated rings. The van der Waals surface area contributed by atoms with Gasteiger partial charge in [-0.25, -0.2) is 0 Å². The molecule has 0 aromatic heterocycles. The van der Waals surface area contributed by atoms with Crippen LogP contribution in [-0.4, -0.2) is 36.5 Å². The third-order valence-corrected chi connectivity index (χ3v) is 4.08. The molecular weight excluding hydrogens is 254 g/mol. The van der Waals surface area contributed by atoms with Crippen LogP contribution in [0.1, 0.15) is 30.7 Å². The lowest BCUT2D eigenvalue weighted by Crippen LogP contribution is -2.42. The average molecular weight is 277 g/mol. The first-order valence-corrected chi connectivity index (χ1v) is 6.98. The van der Waals surface area contributed by atoms with Crippen molar-refractivity contribution in [1.82, 2.24) is 5.32 Å². The normalized spacial score (nSPS) is 24.1. The Hall–Kier alpha value is -1.52. The van der Waals surface area contributed by atoms with Crippen molar-refractivity contribution in [3.8, 4) is 5.75 Å². The van der Waals surface area contributed by atoms with E-state index in [1.165, 1.54) is 0 Å². The Labute approximate surface area is 120 Å². The molecule has 2 atom stereocenters. The molecule has 0 saturated carbocycles. The van der Waals surface area contributed by atoms with E-state index in [0.717, 1.165) is 11.3 Å². The molecule has 4 nitrogen and oxygen atoms in total. The quantitative estimate of drug-likeness (QED) is 0.773. The zero-order valence-corrected chi connectivity index (χ0v) is 12.1. The monoisotopic (exact) mass is 277 g/mol. The van der Waals surface area contributed by atoms with Gasteiger partial charge in [-0.15, -0.1) is 0 Å². The van der Waals surface area contributed by atoms with Crippen LogP contribution in [0.2, 0.25) is 0 Å². The van der Waals surface area contributed by atoms with E-state index >= 15 is 0 Å². The van der Waals surface area contributed by atoms with Gasteiger partial charge in [0.05, 0.1) is 18.5 Å². The molecule has 1 aromatic rings. The van der Waals surface area contributed by atoms with Gasteiger partial charge in [0.25, 0.3) is 0 Å². The van der Waals surface area contributed by atoms with Crippen LogP contribution >= 0.6 is 0 Å². The second-order valence-corrected chi connectivity index (χ2v) is 5.39. The van der Waals surface area contributed by atoms with E-state index in [9.17, 15) is 10.2 Å². The first kappa shape index (κ1) is 14.9. The summed E-state index contributed by atoms with van der Waals surface area (Å²) in [6.45, 7) is 0.692. The van der Waals surface area contributed by atoms with Crippen LogP contribution in [-0.2, 0) is 0 Å². The second-order valence-electron chi connectivity index (χ2n) is 5.39. The van der Waals surface area contributed by atoms with Crippen LogP contribution in [0.15, 0.2) is 36.1 Å². The van der Waals surface area contributed by atoms with E-state index in [-0.39, 0.29) is 5.92 Å². The minimum Gasteiger partial charge on any atom is -0.513 e. The zero-order chi connectivity index (χ0) is 14.6. The van der Waals surface area contributed by atoms with Crippen LogP contribution in [0.25, 0.3) is 0 Å². The van der Waals surface area contributed by atoms with Crippen molar-refractivity contribution in [2.45, 2.75) is 30.8 Å². The fourth-order valence-corrected chi connectivity index (χ4v) is 2.82. The average Bonchev–Trinajstić information content (AvgIpc) is 2.48. The van der Waals surface area contributed by atoms with Crippen LogP contribution in [0.3, 0.4) is 0 Å². The summed E-state index contributed by atoms with van der Waals surface area (Å²) in [5.74, 6) is 1.18. The number of ether oxygens (including phenoxy) is 1. The predicted octanol–water partition coefficient (Wildman–Crippen LogP) is 2.36. The van der Waals surface area contributed by atoms with Gasteiger partial charge >= 0.3 is 0 Å². The van der Waals surface area contributed by atoms with Gasteiger partial charge in [-0.05, 0) is 43.7 Å². The SMILES string of the molecule is CNCC(c1ccc(OC)cc1)C1(O)CC=C(O)CC1. The van der Waals surface area contributed by atoms with Gasteiger partial charge in [-0.2, -0.15) is 0 Å². The molecule has 0 radical (unpaired) electrons. The molecule has 110 valence electrons. The lowest BCUT2D eigenvalue weighted by atomic mass is 9.74. The van der Waals surface area contributed by atoms with Gasteiger partial charge in [0.15, 0.2) is 0 Å². The molecule has 3 N–H and O–H groups in total. The summed E-state index contributed by atoms with van der Waals surface area (Å²) in [5.41, 5.74) is 0.265. The molecular formula is C16H23NO3. The topological polar surface area (TPSA) is 61.7 Å². The Kier molecular flexibility index (Phi) is 4.68. The van der Waals surface area contributed by atoms with Crippen molar-refractivity contribution in [3.63, 3.8) is 0 Å². The van der Waals surface area contributed by atoms with Gasteiger partial charge < -0.3 is 20.3 Å².